The summed E-state index contributed by atoms with van der Waals surface area (Å²) >= 11 is 0. The number of aromatic nitrogens is 3. The van der Waals surface area contributed by atoms with Crippen molar-refractivity contribution in [3.05, 3.63) is 283 Å². The molecule has 0 saturated carbocycles. The van der Waals surface area contributed by atoms with Gasteiger partial charge in [0, 0.05) is 16.7 Å². The van der Waals surface area contributed by atoms with Crippen LogP contribution < -0.4 is 0 Å². The molecule has 0 unspecified atom stereocenters. The quantitative estimate of drug-likeness (QED) is 0.145. The molecule has 0 amide bonds. The Bertz CT molecular complexity index is 3450. The fourth-order valence-electron chi connectivity index (χ4n) is 10.1. The Kier molecular flexibility index (Phi) is 10.1. The van der Waals surface area contributed by atoms with Crippen LogP contribution in [0.2, 0.25) is 0 Å². The van der Waals surface area contributed by atoms with Gasteiger partial charge in [0.25, 0.3) is 0 Å². The minimum Gasteiger partial charge on any atom is -0.208 e. The molecule has 1 aliphatic carbocycles. The number of rotatable bonds is 9. The summed E-state index contributed by atoms with van der Waals surface area (Å²) in [4.78, 5) is 15.6. The first-order valence-electron chi connectivity index (χ1n) is 22.8. The summed E-state index contributed by atoms with van der Waals surface area (Å²) in [6, 6.07) is 93.2. The van der Waals surface area contributed by atoms with Gasteiger partial charge in [-0.2, -0.15) is 0 Å². The summed E-state index contributed by atoms with van der Waals surface area (Å²) < 4.78 is 0. The molecule has 0 radical (unpaired) electrons. The summed E-state index contributed by atoms with van der Waals surface area (Å²) in [5.74, 6) is 1.85. The second kappa shape index (κ2) is 17.0. The number of nitrogens with zero attached hydrogens (tertiary/aromatic N) is 3. The smallest absolute Gasteiger partial charge is 0.164 e. The third kappa shape index (κ3) is 7.15. The predicted octanol–water partition coefficient (Wildman–Crippen LogP) is 15.9. The van der Waals surface area contributed by atoms with E-state index >= 15 is 0 Å². The maximum absolute atomic E-state index is 5.28. The SMILES string of the molecule is c1ccc(-c2cc(-c3ccccc3)cc(-c3nc(-c4ccccc4)nc(-c4cccc(-c5cccc(-c6cccc7c6C(c6ccccc6)(c6ccccc6)c6ccccc6-7)c5)c4)n3)c2)cc1. The van der Waals surface area contributed by atoms with Crippen molar-refractivity contribution in [1.29, 1.82) is 0 Å². The third-order valence-corrected chi connectivity index (χ3v) is 13.2. The van der Waals surface area contributed by atoms with Gasteiger partial charge in [-0.25, -0.2) is 15.0 Å². The van der Waals surface area contributed by atoms with E-state index < -0.39 is 5.41 Å². The molecule has 12 rings (SSSR count). The van der Waals surface area contributed by atoms with E-state index in [0.717, 1.165) is 55.6 Å². The maximum atomic E-state index is 5.28. The van der Waals surface area contributed by atoms with Crippen molar-refractivity contribution in [2.45, 2.75) is 5.41 Å². The minimum absolute atomic E-state index is 0.518. The highest BCUT2D eigenvalue weighted by Gasteiger charge is 2.47. The summed E-state index contributed by atoms with van der Waals surface area (Å²) in [6.07, 6.45) is 0. The zero-order valence-electron chi connectivity index (χ0n) is 36.7. The molecule has 0 N–H and O–H groups in total. The van der Waals surface area contributed by atoms with Crippen molar-refractivity contribution in [2.24, 2.45) is 0 Å². The molecular formula is C64H43N3. The number of hydrogen-bond donors (Lipinski definition) is 0. The minimum atomic E-state index is -0.518. The van der Waals surface area contributed by atoms with Gasteiger partial charge in [0.05, 0.1) is 5.41 Å². The van der Waals surface area contributed by atoms with E-state index in [-0.39, 0.29) is 0 Å². The van der Waals surface area contributed by atoms with E-state index in [2.05, 4.69) is 243 Å². The lowest BCUT2D eigenvalue weighted by atomic mass is 9.66. The Labute approximate surface area is 391 Å². The fraction of sp³-hybridized carbons (Fsp3) is 0.0156. The van der Waals surface area contributed by atoms with Crippen LogP contribution in [-0.2, 0) is 5.41 Å². The summed E-state index contributed by atoms with van der Waals surface area (Å²) in [7, 11) is 0. The molecule has 1 aliphatic rings. The van der Waals surface area contributed by atoms with Crippen LogP contribution in [0.1, 0.15) is 22.3 Å². The molecule has 10 aromatic carbocycles. The molecule has 0 bridgehead atoms. The highest BCUT2D eigenvalue weighted by atomic mass is 15.0. The molecule has 0 spiro atoms. The van der Waals surface area contributed by atoms with Crippen LogP contribution in [0.3, 0.4) is 0 Å². The predicted molar refractivity (Wildman–Crippen MR) is 275 cm³/mol. The van der Waals surface area contributed by atoms with Crippen molar-refractivity contribution in [1.82, 2.24) is 15.0 Å². The third-order valence-electron chi connectivity index (χ3n) is 13.2. The van der Waals surface area contributed by atoms with Crippen LogP contribution >= 0.6 is 0 Å². The molecule has 67 heavy (non-hydrogen) atoms. The molecule has 3 heteroatoms. The van der Waals surface area contributed by atoms with Crippen LogP contribution in [0.5, 0.6) is 0 Å². The topological polar surface area (TPSA) is 38.7 Å². The van der Waals surface area contributed by atoms with Crippen LogP contribution in [0.15, 0.2) is 261 Å². The van der Waals surface area contributed by atoms with E-state index in [9.17, 15) is 0 Å². The second-order valence-corrected chi connectivity index (χ2v) is 17.1. The molecular weight excluding hydrogens is 811 g/mol. The molecule has 11 aromatic rings. The molecule has 0 fully saturated rings. The first-order chi connectivity index (χ1) is 33.2. The highest BCUT2D eigenvalue weighted by Crippen LogP contribution is 2.58. The Morgan fingerprint density at radius 3 is 1.16 bits per heavy atom. The molecule has 3 nitrogen and oxygen atoms in total. The van der Waals surface area contributed by atoms with Crippen LogP contribution in [-0.4, -0.2) is 15.0 Å². The van der Waals surface area contributed by atoms with E-state index in [0.29, 0.717) is 17.5 Å². The van der Waals surface area contributed by atoms with Crippen LogP contribution in [0, 0.1) is 0 Å². The maximum Gasteiger partial charge on any atom is 0.164 e. The normalized spacial score (nSPS) is 12.3. The zero-order chi connectivity index (χ0) is 44.6. The Morgan fingerprint density at radius 1 is 0.224 bits per heavy atom. The molecule has 1 aromatic heterocycles. The van der Waals surface area contributed by atoms with Crippen LogP contribution in [0.25, 0.3) is 89.8 Å². The second-order valence-electron chi connectivity index (χ2n) is 17.1. The van der Waals surface area contributed by atoms with Gasteiger partial charge in [-0.05, 0) is 108 Å². The van der Waals surface area contributed by atoms with E-state index in [1.54, 1.807) is 0 Å². The molecule has 1 heterocycles. The Morgan fingerprint density at radius 2 is 0.582 bits per heavy atom. The van der Waals surface area contributed by atoms with Gasteiger partial charge < -0.3 is 0 Å². The Hall–Kier alpha value is -8.79. The van der Waals surface area contributed by atoms with E-state index in [4.69, 9.17) is 15.0 Å². The molecule has 0 atom stereocenters. The lowest BCUT2D eigenvalue weighted by Gasteiger charge is -2.35. The van der Waals surface area contributed by atoms with Crippen molar-refractivity contribution in [3.63, 3.8) is 0 Å². The van der Waals surface area contributed by atoms with Gasteiger partial charge in [-0.15, -0.1) is 0 Å². The first-order valence-corrected chi connectivity index (χ1v) is 22.8. The largest absolute Gasteiger partial charge is 0.208 e. The number of hydrogen-bond acceptors (Lipinski definition) is 3. The molecule has 0 aliphatic heterocycles. The average Bonchev–Trinajstić information content (AvgIpc) is 3.73. The van der Waals surface area contributed by atoms with Crippen molar-refractivity contribution in [2.75, 3.05) is 0 Å². The van der Waals surface area contributed by atoms with E-state index in [1.807, 2.05) is 18.2 Å². The number of benzene rings is 10. The van der Waals surface area contributed by atoms with Gasteiger partial charge in [0.2, 0.25) is 0 Å². The van der Waals surface area contributed by atoms with Crippen molar-refractivity contribution >= 4 is 0 Å². The summed E-state index contributed by atoms with van der Waals surface area (Å²) in [5, 5.41) is 0. The average molecular weight is 854 g/mol. The van der Waals surface area contributed by atoms with E-state index in [1.165, 1.54) is 38.9 Å². The zero-order valence-corrected chi connectivity index (χ0v) is 36.7. The summed E-state index contributed by atoms with van der Waals surface area (Å²) in [5.41, 5.74) is 18.9. The lowest BCUT2D eigenvalue weighted by molar-refractivity contribution is 0.770. The molecule has 0 saturated heterocycles. The van der Waals surface area contributed by atoms with Gasteiger partial charge in [0.1, 0.15) is 0 Å². The number of fused-ring (bicyclic) bond motifs is 3. The fourth-order valence-corrected chi connectivity index (χ4v) is 10.1. The van der Waals surface area contributed by atoms with Gasteiger partial charge in [0.15, 0.2) is 17.5 Å². The molecule has 314 valence electrons. The summed E-state index contributed by atoms with van der Waals surface area (Å²) in [6.45, 7) is 0. The first kappa shape index (κ1) is 39.8. The Balaban J connectivity index is 0.997. The standard InChI is InChI=1S/C64H43N3/c1-6-21-44(22-7-1)51-41-52(45-23-8-2-9-24-45)43-53(42-51)63-66-61(46-25-10-3-11-26-46)65-62(67-63)50-30-19-28-48(40-50)47-27-18-29-49(39-47)56-36-20-37-58-57-35-16-17-38-59(57)64(60(56)58,54-31-12-4-13-32-54)55-33-14-5-15-34-55/h1-43H. The monoisotopic (exact) mass is 853 g/mol. The van der Waals surface area contributed by atoms with Crippen molar-refractivity contribution < 1.29 is 0 Å². The van der Waals surface area contributed by atoms with Crippen molar-refractivity contribution in [3.8, 4) is 89.8 Å². The van der Waals surface area contributed by atoms with Gasteiger partial charge >= 0.3 is 0 Å². The van der Waals surface area contributed by atoms with Crippen LogP contribution in [0.4, 0.5) is 0 Å². The highest BCUT2D eigenvalue weighted by molar-refractivity contribution is 5.93. The van der Waals surface area contributed by atoms with Gasteiger partial charge in [-0.3, -0.25) is 0 Å². The lowest BCUT2D eigenvalue weighted by Crippen LogP contribution is -2.29. The van der Waals surface area contributed by atoms with Gasteiger partial charge in [-0.1, -0.05) is 231 Å².